The SMILES string of the molecule is COc1ccc(OCCOc2ccc3ccccc3c2C=CC(=O)O)cc1. The highest BCUT2D eigenvalue weighted by atomic mass is 16.5. The van der Waals surface area contributed by atoms with Gasteiger partial charge >= 0.3 is 5.97 Å². The van der Waals surface area contributed by atoms with Crippen molar-refractivity contribution in [1.82, 2.24) is 0 Å². The third kappa shape index (κ3) is 4.79. The number of ether oxygens (including phenoxy) is 3. The maximum atomic E-state index is 10.9. The summed E-state index contributed by atoms with van der Waals surface area (Å²) in [7, 11) is 1.61. The van der Waals surface area contributed by atoms with Crippen LogP contribution in [-0.4, -0.2) is 31.4 Å². The van der Waals surface area contributed by atoms with Crippen molar-refractivity contribution >= 4 is 22.8 Å². The lowest BCUT2D eigenvalue weighted by Gasteiger charge is -2.13. The zero-order chi connectivity index (χ0) is 19.1. The van der Waals surface area contributed by atoms with Gasteiger partial charge in [0.05, 0.1) is 7.11 Å². The molecule has 0 aliphatic rings. The molecule has 0 fully saturated rings. The van der Waals surface area contributed by atoms with Crippen molar-refractivity contribution in [3.8, 4) is 17.2 Å². The van der Waals surface area contributed by atoms with Crippen molar-refractivity contribution < 1.29 is 24.1 Å². The molecule has 3 aromatic carbocycles. The van der Waals surface area contributed by atoms with Gasteiger partial charge in [-0.2, -0.15) is 0 Å². The highest BCUT2D eigenvalue weighted by Crippen LogP contribution is 2.29. The molecule has 0 bridgehead atoms. The summed E-state index contributed by atoms with van der Waals surface area (Å²) in [5.41, 5.74) is 0.736. The number of carboxylic acid groups (broad SMARTS) is 1. The second-order valence-electron chi connectivity index (χ2n) is 5.74. The molecule has 0 atom stereocenters. The van der Waals surface area contributed by atoms with E-state index < -0.39 is 5.97 Å². The Hall–Kier alpha value is -3.47. The third-order valence-electron chi connectivity index (χ3n) is 3.99. The monoisotopic (exact) mass is 364 g/mol. The first-order valence-electron chi connectivity index (χ1n) is 8.50. The average molecular weight is 364 g/mol. The number of benzene rings is 3. The minimum atomic E-state index is -1.00. The summed E-state index contributed by atoms with van der Waals surface area (Å²) in [5.74, 6) is 1.11. The normalized spacial score (nSPS) is 10.9. The van der Waals surface area contributed by atoms with Crippen molar-refractivity contribution in [2.24, 2.45) is 0 Å². The van der Waals surface area contributed by atoms with Crippen LogP contribution in [0.3, 0.4) is 0 Å². The van der Waals surface area contributed by atoms with Crippen LogP contribution in [0.25, 0.3) is 16.8 Å². The predicted molar refractivity (Wildman–Crippen MR) is 105 cm³/mol. The van der Waals surface area contributed by atoms with E-state index in [0.717, 1.165) is 33.9 Å². The minimum absolute atomic E-state index is 0.332. The van der Waals surface area contributed by atoms with Crippen molar-refractivity contribution in [3.05, 3.63) is 72.3 Å². The van der Waals surface area contributed by atoms with E-state index in [1.54, 1.807) is 13.2 Å². The summed E-state index contributed by atoms with van der Waals surface area (Å²) in [6, 6.07) is 18.9. The largest absolute Gasteiger partial charge is 0.497 e. The van der Waals surface area contributed by atoms with Gasteiger partial charge in [0.1, 0.15) is 30.5 Å². The summed E-state index contributed by atoms with van der Waals surface area (Å²) in [6.07, 6.45) is 2.67. The summed E-state index contributed by atoms with van der Waals surface area (Å²) >= 11 is 0. The topological polar surface area (TPSA) is 65.0 Å². The molecular weight excluding hydrogens is 344 g/mol. The molecule has 0 saturated carbocycles. The van der Waals surface area contributed by atoms with Crippen LogP contribution in [0.2, 0.25) is 0 Å². The molecule has 0 aliphatic carbocycles. The number of carbonyl (C=O) groups is 1. The highest BCUT2D eigenvalue weighted by molar-refractivity contribution is 5.96. The van der Waals surface area contributed by atoms with Gasteiger partial charge in [-0.25, -0.2) is 4.79 Å². The van der Waals surface area contributed by atoms with E-state index in [9.17, 15) is 4.79 Å². The number of aliphatic carboxylic acids is 1. The molecule has 3 aromatic rings. The van der Waals surface area contributed by atoms with Gasteiger partial charge < -0.3 is 19.3 Å². The van der Waals surface area contributed by atoms with Crippen molar-refractivity contribution in [2.45, 2.75) is 0 Å². The Kier molecular flexibility index (Phi) is 5.94. The first-order chi connectivity index (χ1) is 13.2. The molecule has 1 N–H and O–H groups in total. The summed E-state index contributed by atoms with van der Waals surface area (Å²) in [4.78, 5) is 10.9. The predicted octanol–water partition coefficient (Wildman–Crippen LogP) is 4.40. The first-order valence-corrected chi connectivity index (χ1v) is 8.50. The molecule has 0 heterocycles. The van der Waals surface area contributed by atoms with E-state index in [2.05, 4.69) is 0 Å². The Labute approximate surface area is 157 Å². The van der Waals surface area contributed by atoms with Gasteiger partial charge in [0.2, 0.25) is 0 Å². The number of rotatable bonds is 8. The Morgan fingerprint density at radius 1 is 0.926 bits per heavy atom. The Balaban J connectivity index is 1.70. The Morgan fingerprint density at radius 3 is 2.37 bits per heavy atom. The van der Waals surface area contributed by atoms with Crippen LogP contribution in [0.4, 0.5) is 0 Å². The number of hydrogen-bond donors (Lipinski definition) is 1. The second-order valence-corrected chi connectivity index (χ2v) is 5.74. The molecule has 0 aromatic heterocycles. The summed E-state index contributed by atoms with van der Waals surface area (Å²) in [5, 5.41) is 10.9. The van der Waals surface area contributed by atoms with Crippen molar-refractivity contribution in [3.63, 3.8) is 0 Å². The number of hydrogen-bond acceptors (Lipinski definition) is 4. The number of methoxy groups -OCH3 is 1. The molecule has 0 amide bonds. The Morgan fingerprint density at radius 2 is 1.63 bits per heavy atom. The number of carboxylic acids is 1. The molecular formula is C22H20O5. The van der Waals surface area contributed by atoms with Gasteiger partial charge in [-0.15, -0.1) is 0 Å². The van der Waals surface area contributed by atoms with Gasteiger partial charge in [0.15, 0.2) is 0 Å². The molecule has 0 unspecified atom stereocenters. The van der Waals surface area contributed by atoms with Crippen LogP contribution in [0, 0.1) is 0 Å². The van der Waals surface area contributed by atoms with E-state index in [-0.39, 0.29) is 0 Å². The molecule has 5 nitrogen and oxygen atoms in total. The number of fused-ring (bicyclic) bond motifs is 1. The fraction of sp³-hybridized carbons (Fsp3) is 0.136. The van der Waals surface area contributed by atoms with Crippen LogP contribution in [0.5, 0.6) is 17.2 Å². The van der Waals surface area contributed by atoms with Crippen LogP contribution in [-0.2, 0) is 4.79 Å². The zero-order valence-corrected chi connectivity index (χ0v) is 14.9. The van der Waals surface area contributed by atoms with Gasteiger partial charge in [-0.3, -0.25) is 0 Å². The third-order valence-corrected chi connectivity index (χ3v) is 3.99. The first kappa shape index (κ1) is 18.3. The van der Waals surface area contributed by atoms with E-state index in [1.165, 1.54) is 0 Å². The molecule has 0 aliphatic heterocycles. The van der Waals surface area contributed by atoms with Crippen LogP contribution >= 0.6 is 0 Å². The molecule has 138 valence electrons. The smallest absolute Gasteiger partial charge is 0.328 e. The quantitative estimate of drug-likeness (QED) is 0.474. The maximum absolute atomic E-state index is 10.9. The van der Waals surface area contributed by atoms with Crippen molar-refractivity contribution in [2.75, 3.05) is 20.3 Å². The van der Waals surface area contributed by atoms with Gasteiger partial charge in [0.25, 0.3) is 0 Å². The van der Waals surface area contributed by atoms with Crippen LogP contribution in [0.15, 0.2) is 66.7 Å². The lowest BCUT2D eigenvalue weighted by molar-refractivity contribution is -0.131. The van der Waals surface area contributed by atoms with E-state index in [4.69, 9.17) is 19.3 Å². The van der Waals surface area contributed by atoms with Gasteiger partial charge in [0, 0.05) is 11.6 Å². The summed E-state index contributed by atoms with van der Waals surface area (Å²) < 4.78 is 16.6. The van der Waals surface area contributed by atoms with Crippen LogP contribution in [0.1, 0.15) is 5.56 Å². The van der Waals surface area contributed by atoms with Crippen molar-refractivity contribution in [1.29, 1.82) is 0 Å². The standard InChI is InChI=1S/C22H20O5/c1-25-17-7-9-18(10-8-17)26-14-15-27-21-12-6-16-4-2-3-5-19(16)20(21)11-13-22(23)24/h2-13H,14-15H2,1H3,(H,23,24). The fourth-order valence-corrected chi connectivity index (χ4v) is 2.71. The lowest BCUT2D eigenvalue weighted by atomic mass is 10.0. The molecule has 27 heavy (non-hydrogen) atoms. The van der Waals surface area contributed by atoms with E-state index in [1.807, 2.05) is 60.7 Å². The fourth-order valence-electron chi connectivity index (χ4n) is 2.71. The highest BCUT2D eigenvalue weighted by Gasteiger charge is 2.07. The molecule has 0 radical (unpaired) electrons. The van der Waals surface area contributed by atoms with Gasteiger partial charge in [-0.05, 0) is 47.2 Å². The molecule has 3 rings (SSSR count). The molecule has 0 saturated heterocycles. The minimum Gasteiger partial charge on any atom is -0.497 e. The lowest BCUT2D eigenvalue weighted by Crippen LogP contribution is -2.09. The molecule has 0 spiro atoms. The Bertz CT molecular complexity index is 945. The average Bonchev–Trinajstić information content (AvgIpc) is 2.70. The van der Waals surface area contributed by atoms with Crippen LogP contribution < -0.4 is 14.2 Å². The zero-order valence-electron chi connectivity index (χ0n) is 14.9. The maximum Gasteiger partial charge on any atom is 0.328 e. The molecule has 5 heteroatoms. The van der Waals surface area contributed by atoms with Gasteiger partial charge in [-0.1, -0.05) is 30.3 Å². The summed E-state index contributed by atoms with van der Waals surface area (Å²) in [6.45, 7) is 0.694. The second kappa shape index (κ2) is 8.76. The van der Waals surface area contributed by atoms with E-state index >= 15 is 0 Å². The van der Waals surface area contributed by atoms with E-state index in [0.29, 0.717) is 19.0 Å².